The van der Waals surface area contributed by atoms with Crippen LogP contribution < -0.4 is 0 Å². The van der Waals surface area contributed by atoms with Crippen LogP contribution in [0.25, 0.3) is 0 Å². The summed E-state index contributed by atoms with van der Waals surface area (Å²) in [5.74, 6) is 1.39. The summed E-state index contributed by atoms with van der Waals surface area (Å²) in [6, 6.07) is 0. The van der Waals surface area contributed by atoms with Gasteiger partial charge in [-0.1, -0.05) is 162 Å². The minimum absolute atomic E-state index is 0.328. The molecule has 1 unspecified atom stereocenters. The second kappa shape index (κ2) is 24.1. The highest BCUT2D eigenvalue weighted by atomic mass is 16.2. The first-order valence-corrected chi connectivity index (χ1v) is 16.8. The minimum Gasteiger partial charge on any atom is -0.230 e. The number of unbranched alkanes of at least 4 members (excludes halogenated alkanes) is 23. The molecule has 37 heavy (non-hydrogen) atoms. The van der Waals surface area contributed by atoms with Gasteiger partial charge >= 0.3 is 5.91 Å². The van der Waals surface area contributed by atoms with Crippen molar-refractivity contribution in [3.05, 3.63) is 12.4 Å². The van der Waals surface area contributed by atoms with Gasteiger partial charge < -0.3 is 0 Å². The maximum absolute atomic E-state index is 13.0. The molecule has 1 aliphatic heterocycles. The van der Waals surface area contributed by atoms with Crippen LogP contribution in [0, 0.1) is 0 Å². The Kier molecular flexibility index (Phi) is 22.2. The number of aliphatic imine (C=N–C) groups is 1. The van der Waals surface area contributed by atoms with Crippen molar-refractivity contribution in [2.75, 3.05) is 7.05 Å². The van der Waals surface area contributed by atoms with Crippen LogP contribution in [0.5, 0.6) is 0 Å². The second-order valence-electron chi connectivity index (χ2n) is 11.9. The van der Waals surface area contributed by atoms with Crippen LogP contribution in [0.1, 0.15) is 187 Å². The fourth-order valence-corrected chi connectivity index (χ4v) is 5.63. The largest absolute Gasteiger partial charge is 0.324 e. The number of amidine groups is 1. The first-order chi connectivity index (χ1) is 18.1. The summed E-state index contributed by atoms with van der Waals surface area (Å²) in [6.45, 7) is 4.57. The van der Waals surface area contributed by atoms with Crippen LogP contribution in [0.2, 0.25) is 0 Å². The zero-order valence-corrected chi connectivity index (χ0v) is 25.5. The molecule has 0 bridgehead atoms. The van der Waals surface area contributed by atoms with E-state index in [0.717, 1.165) is 25.1 Å². The molecule has 1 aliphatic rings. The minimum atomic E-state index is 0.328. The standard InChI is InChI=1S/C34H65N2O/c1-4-6-8-10-12-14-16-18-20-22-24-26-28-30-34(37)36(3)32-31-35-33(36)29-27-25-23-21-19-17-15-13-11-9-7-5-2/h31-32H,4-30H2,1-3H3/q+1. The van der Waals surface area contributed by atoms with E-state index in [2.05, 4.69) is 18.8 Å². The molecule has 0 spiro atoms. The third kappa shape index (κ3) is 17.3. The van der Waals surface area contributed by atoms with Crippen molar-refractivity contribution in [3.63, 3.8) is 0 Å². The molecule has 0 saturated heterocycles. The quantitative estimate of drug-likeness (QED) is 0.0786. The van der Waals surface area contributed by atoms with Crippen molar-refractivity contribution >= 4 is 11.7 Å². The van der Waals surface area contributed by atoms with Crippen LogP contribution in [-0.2, 0) is 4.79 Å². The molecule has 0 aliphatic carbocycles. The van der Waals surface area contributed by atoms with Crippen LogP contribution in [0.4, 0.5) is 0 Å². The van der Waals surface area contributed by atoms with E-state index in [4.69, 9.17) is 0 Å². The molecule has 1 amide bonds. The molecule has 3 heteroatoms. The Hall–Kier alpha value is -0.960. The lowest BCUT2D eigenvalue weighted by Crippen LogP contribution is -2.47. The summed E-state index contributed by atoms with van der Waals surface area (Å²) in [4.78, 5) is 17.6. The Morgan fingerprint density at radius 1 is 0.568 bits per heavy atom. The highest BCUT2D eigenvalue weighted by Gasteiger charge is 2.37. The summed E-state index contributed by atoms with van der Waals surface area (Å²) < 4.78 is 0.330. The smallest absolute Gasteiger partial charge is 0.230 e. The average molecular weight is 518 g/mol. The molecule has 216 valence electrons. The number of hydrogen-bond acceptors (Lipinski definition) is 2. The Bertz CT molecular complexity index is 597. The van der Waals surface area contributed by atoms with Gasteiger partial charge in [0.1, 0.15) is 6.20 Å². The van der Waals surface area contributed by atoms with E-state index in [1.807, 2.05) is 19.4 Å². The van der Waals surface area contributed by atoms with Crippen molar-refractivity contribution in [1.29, 1.82) is 0 Å². The number of carbonyl (C=O) groups excluding carboxylic acids is 1. The van der Waals surface area contributed by atoms with E-state index in [-0.39, 0.29) is 0 Å². The number of amides is 1. The van der Waals surface area contributed by atoms with Gasteiger partial charge in [0, 0.05) is 6.42 Å². The summed E-state index contributed by atoms with van der Waals surface area (Å²) in [5.41, 5.74) is 0. The van der Waals surface area contributed by atoms with E-state index < -0.39 is 0 Å². The van der Waals surface area contributed by atoms with Gasteiger partial charge in [-0.25, -0.2) is 9.79 Å². The van der Waals surface area contributed by atoms with Crippen LogP contribution in [-0.4, -0.2) is 23.3 Å². The van der Waals surface area contributed by atoms with Crippen molar-refractivity contribution in [2.45, 2.75) is 187 Å². The number of nitrogens with zero attached hydrogens (tertiary/aromatic N) is 2. The lowest BCUT2D eigenvalue weighted by molar-refractivity contribution is -0.683. The highest BCUT2D eigenvalue weighted by molar-refractivity contribution is 5.90. The predicted octanol–water partition coefficient (Wildman–Crippen LogP) is 11.4. The molecule has 1 rings (SSSR count). The van der Waals surface area contributed by atoms with Crippen LogP contribution in [0.3, 0.4) is 0 Å². The van der Waals surface area contributed by atoms with Gasteiger partial charge in [-0.05, 0) is 12.8 Å². The predicted molar refractivity (Wildman–Crippen MR) is 164 cm³/mol. The topological polar surface area (TPSA) is 29.4 Å². The zero-order valence-electron chi connectivity index (χ0n) is 25.5. The van der Waals surface area contributed by atoms with Gasteiger partial charge in [-0.2, -0.15) is 4.48 Å². The number of rotatable bonds is 27. The maximum atomic E-state index is 13.0. The van der Waals surface area contributed by atoms with Crippen LogP contribution in [0.15, 0.2) is 17.4 Å². The Morgan fingerprint density at radius 3 is 1.32 bits per heavy atom. The molecular weight excluding hydrogens is 452 g/mol. The lowest BCUT2D eigenvalue weighted by atomic mass is 10.0. The molecule has 0 radical (unpaired) electrons. The molecule has 0 N–H and O–H groups in total. The summed E-state index contributed by atoms with van der Waals surface area (Å²) in [7, 11) is 2.05. The van der Waals surface area contributed by atoms with Gasteiger partial charge in [-0.3, -0.25) is 0 Å². The summed E-state index contributed by atoms with van der Waals surface area (Å²) >= 11 is 0. The summed E-state index contributed by atoms with van der Waals surface area (Å²) in [6.07, 6.45) is 39.4. The normalized spacial score (nSPS) is 17.0. The molecule has 3 nitrogen and oxygen atoms in total. The van der Waals surface area contributed by atoms with Gasteiger partial charge in [0.15, 0.2) is 0 Å². The van der Waals surface area contributed by atoms with E-state index >= 15 is 0 Å². The fraction of sp³-hybridized carbons (Fsp3) is 0.882. The fourth-order valence-electron chi connectivity index (χ4n) is 5.63. The molecule has 0 aromatic rings. The van der Waals surface area contributed by atoms with Crippen molar-refractivity contribution in [2.24, 2.45) is 4.99 Å². The van der Waals surface area contributed by atoms with Crippen LogP contribution >= 0.6 is 0 Å². The van der Waals surface area contributed by atoms with E-state index in [0.29, 0.717) is 16.8 Å². The Balaban J connectivity index is 2.00. The van der Waals surface area contributed by atoms with E-state index in [1.165, 1.54) is 148 Å². The zero-order chi connectivity index (χ0) is 26.9. The Labute approximate surface area is 232 Å². The molecular formula is C34H65N2O+. The lowest BCUT2D eigenvalue weighted by Gasteiger charge is -2.25. The molecule has 0 fully saturated rings. The van der Waals surface area contributed by atoms with Crippen molar-refractivity contribution in [3.8, 4) is 0 Å². The molecule has 1 heterocycles. The highest BCUT2D eigenvalue weighted by Crippen LogP contribution is 2.22. The number of hydrogen-bond donors (Lipinski definition) is 0. The summed E-state index contributed by atoms with van der Waals surface area (Å²) in [5, 5.41) is 0. The second-order valence-corrected chi connectivity index (χ2v) is 11.9. The molecule has 1 atom stereocenters. The van der Waals surface area contributed by atoms with Gasteiger partial charge in [-0.15, -0.1) is 0 Å². The van der Waals surface area contributed by atoms with E-state index in [1.54, 1.807) is 0 Å². The van der Waals surface area contributed by atoms with Crippen molar-refractivity contribution < 1.29 is 9.28 Å². The van der Waals surface area contributed by atoms with Gasteiger partial charge in [0.05, 0.1) is 19.7 Å². The molecule has 0 saturated carbocycles. The van der Waals surface area contributed by atoms with Crippen molar-refractivity contribution in [1.82, 2.24) is 0 Å². The first-order valence-electron chi connectivity index (χ1n) is 16.8. The first kappa shape index (κ1) is 34.1. The monoisotopic (exact) mass is 518 g/mol. The molecule has 0 aromatic carbocycles. The van der Waals surface area contributed by atoms with Gasteiger partial charge in [0.2, 0.25) is 5.84 Å². The van der Waals surface area contributed by atoms with E-state index in [9.17, 15) is 4.79 Å². The SMILES string of the molecule is CCCCCCCCCCCCCCCC(=O)[N+]1(C)C=CN=C1CCCCCCCCCCCCCC. The maximum Gasteiger partial charge on any atom is 0.324 e. The number of quaternary nitrogens is 1. The third-order valence-electron chi connectivity index (χ3n) is 8.39. The average Bonchev–Trinajstić information content (AvgIpc) is 3.28. The number of carbonyl (C=O) groups is 1. The third-order valence-corrected chi connectivity index (χ3v) is 8.39. The Morgan fingerprint density at radius 2 is 0.919 bits per heavy atom. The van der Waals surface area contributed by atoms with Gasteiger partial charge in [0.25, 0.3) is 0 Å². The molecule has 0 aromatic heterocycles.